The van der Waals surface area contributed by atoms with Crippen molar-refractivity contribution in [3.8, 4) is 0 Å². The van der Waals surface area contributed by atoms with E-state index in [1.54, 1.807) is 11.1 Å². The van der Waals surface area contributed by atoms with Gasteiger partial charge in [-0.3, -0.25) is 0 Å². The van der Waals surface area contributed by atoms with E-state index in [9.17, 15) is 8.42 Å². The van der Waals surface area contributed by atoms with E-state index < -0.39 is 10.0 Å². The second-order valence-corrected chi connectivity index (χ2v) is 15.2. The maximum atomic E-state index is 11.8. The van der Waals surface area contributed by atoms with Gasteiger partial charge >= 0.3 is 0 Å². The van der Waals surface area contributed by atoms with Crippen molar-refractivity contribution in [2.24, 2.45) is 35.0 Å². The number of sulfonamides is 1. The lowest BCUT2D eigenvalue weighted by molar-refractivity contribution is -0.0712. The van der Waals surface area contributed by atoms with Crippen molar-refractivity contribution in [2.75, 3.05) is 12.8 Å². The van der Waals surface area contributed by atoms with E-state index in [4.69, 9.17) is 4.74 Å². The summed E-state index contributed by atoms with van der Waals surface area (Å²) in [5, 5.41) is 3.80. The number of rotatable bonds is 2. The summed E-state index contributed by atoms with van der Waals surface area (Å²) in [4.78, 5) is 0. The van der Waals surface area contributed by atoms with Crippen LogP contribution in [0.15, 0.2) is 11.1 Å². The predicted octanol–water partition coefficient (Wildman–Crippen LogP) is 4.78. The molecule has 192 valence electrons. The topological polar surface area (TPSA) is 67.4 Å². The molecule has 10 atom stereocenters. The van der Waals surface area contributed by atoms with Crippen LogP contribution < -0.4 is 10.0 Å². The molecule has 6 rings (SSSR count). The fourth-order valence-electron chi connectivity index (χ4n) is 10.0. The summed E-state index contributed by atoms with van der Waals surface area (Å²) in [6.07, 6.45) is 14.9. The van der Waals surface area contributed by atoms with Crippen LogP contribution in [0.2, 0.25) is 0 Å². The standard InChI is InChI=1S/C28H46N2O3S/c1-17-16-28(18(2)26-25(33-28)6-5-13-29-26)12-10-21-22-8-7-19-14-20(30-34(4,31)32)9-11-27(19,3)24(22)15-23(17)21/h18-22,24-26,29-30H,5-16H2,1-4H3/t18-,19-,20?,21+,22?,24+,25?,26+,27+,28+/m1/s1. The Balaban J connectivity index is 1.23. The maximum Gasteiger partial charge on any atom is 0.208 e. The first-order valence-corrected chi connectivity index (χ1v) is 16.1. The SMILES string of the molecule is CC1=C2C[C@H]3C(CC[C@@H]4CC(NS(C)(=O)=O)CC[C@@]43C)[C@@H]2CC[C@@]2(C1)OC1CCCN[C@H]1[C@H]2C. The highest BCUT2D eigenvalue weighted by Gasteiger charge is 2.59. The molecule has 0 aromatic heterocycles. The molecule has 0 aromatic carbocycles. The summed E-state index contributed by atoms with van der Waals surface area (Å²) in [5.41, 5.74) is 3.85. The lowest BCUT2D eigenvalue weighted by atomic mass is 9.52. The smallest absolute Gasteiger partial charge is 0.208 e. The van der Waals surface area contributed by atoms with Gasteiger partial charge in [0.1, 0.15) is 0 Å². The Morgan fingerprint density at radius 3 is 2.71 bits per heavy atom. The van der Waals surface area contributed by atoms with Gasteiger partial charge in [-0.25, -0.2) is 13.1 Å². The van der Waals surface area contributed by atoms with Crippen molar-refractivity contribution in [1.29, 1.82) is 0 Å². The Labute approximate surface area is 207 Å². The van der Waals surface area contributed by atoms with Crippen molar-refractivity contribution < 1.29 is 13.2 Å². The molecule has 0 aromatic rings. The highest BCUT2D eigenvalue weighted by Crippen LogP contribution is 2.65. The third kappa shape index (κ3) is 3.76. The number of hydrogen-bond acceptors (Lipinski definition) is 4. The summed E-state index contributed by atoms with van der Waals surface area (Å²) < 4.78 is 33.6. The third-order valence-electron chi connectivity index (χ3n) is 11.7. The normalized spacial score (nSPS) is 50.9. The fraction of sp³-hybridized carbons (Fsp3) is 0.929. The third-order valence-corrected chi connectivity index (χ3v) is 12.5. The van der Waals surface area contributed by atoms with Gasteiger partial charge in [0.2, 0.25) is 10.0 Å². The zero-order chi connectivity index (χ0) is 23.9. The minimum absolute atomic E-state index is 0.0417. The average molecular weight is 491 g/mol. The Kier molecular flexibility index (Phi) is 5.84. The van der Waals surface area contributed by atoms with E-state index in [0.717, 1.165) is 43.6 Å². The Morgan fingerprint density at radius 2 is 1.94 bits per heavy atom. The quantitative estimate of drug-likeness (QED) is 0.547. The van der Waals surface area contributed by atoms with Gasteiger partial charge in [-0.1, -0.05) is 25.0 Å². The molecule has 6 aliphatic rings. The average Bonchev–Trinajstić information content (AvgIpc) is 3.24. The van der Waals surface area contributed by atoms with E-state index in [1.807, 2.05) is 0 Å². The van der Waals surface area contributed by atoms with Crippen LogP contribution in [-0.2, 0) is 14.8 Å². The van der Waals surface area contributed by atoms with E-state index in [2.05, 4.69) is 30.8 Å². The van der Waals surface area contributed by atoms with Crippen molar-refractivity contribution >= 4 is 10.0 Å². The molecule has 0 bridgehead atoms. The fourth-order valence-corrected chi connectivity index (χ4v) is 10.9. The monoisotopic (exact) mass is 490 g/mol. The van der Waals surface area contributed by atoms with Crippen LogP contribution in [0.5, 0.6) is 0 Å². The lowest BCUT2D eigenvalue weighted by Gasteiger charge is -2.54. The molecule has 5 fully saturated rings. The van der Waals surface area contributed by atoms with Crippen LogP contribution in [0.4, 0.5) is 0 Å². The molecule has 3 saturated carbocycles. The molecule has 2 heterocycles. The Morgan fingerprint density at radius 1 is 1.12 bits per heavy atom. The van der Waals surface area contributed by atoms with Crippen molar-refractivity contribution in [3.63, 3.8) is 0 Å². The van der Waals surface area contributed by atoms with Crippen LogP contribution in [-0.4, -0.2) is 45.0 Å². The van der Waals surface area contributed by atoms with Crippen molar-refractivity contribution in [1.82, 2.24) is 10.0 Å². The number of fused-ring (bicyclic) bond motifs is 6. The molecule has 5 nitrogen and oxygen atoms in total. The molecular weight excluding hydrogens is 444 g/mol. The number of ether oxygens (including phenoxy) is 1. The van der Waals surface area contributed by atoms with Gasteiger partial charge in [0.15, 0.2) is 0 Å². The van der Waals surface area contributed by atoms with Crippen LogP contribution in [0, 0.1) is 35.0 Å². The number of nitrogens with one attached hydrogen (secondary N) is 2. The van der Waals surface area contributed by atoms with Crippen LogP contribution >= 0.6 is 0 Å². The van der Waals surface area contributed by atoms with Gasteiger partial charge in [0, 0.05) is 18.0 Å². The highest BCUT2D eigenvalue weighted by molar-refractivity contribution is 7.88. The second kappa shape index (κ2) is 8.29. The first-order chi connectivity index (χ1) is 16.1. The van der Waals surface area contributed by atoms with E-state index in [-0.39, 0.29) is 11.6 Å². The number of allylic oxidation sites excluding steroid dienone is 1. The summed E-state index contributed by atoms with van der Waals surface area (Å²) in [7, 11) is -3.12. The van der Waals surface area contributed by atoms with Crippen molar-refractivity contribution in [2.45, 2.75) is 115 Å². The highest BCUT2D eigenvalue weighted by atomic mass is 32.2. The zero-order valence-electron chi connectivity index (χ0n) is 21.7. The van der Waals surface area contributed by atoms with Gasteiger partial charge in [-0.2, -0.15) is 0 Å². The van der Waals surface area contributed by atoms with Gasteiger partial charge in [-0.15, -0.1) is 0 Å². The minimum atomic E-state index is -3.12. The van der Waals surface area contributed by atoms with Crippen LogP contribution in [0.1, 0.15) is 91.4 Å². The first-order valence-electron chi connectivity index (χ1n) is 14.2. The van der Waals surface area contributed by atoms with E-state index in [0.29, 0.717) is 29.4 Å². The molecule has 2 N–H and O–H groups in total. The zero-order valence-corrected chi connectivity index (χ0v) is 22.6. The molecule has 34 heavy (non-hydrogen) atoms. The van der Waals surface area contributed by atoms with Gasteiger partial charge in [0.25, 0.3) is 0 Å². The molecular formula is C28H46N2O3S. The molecule has 4 aliphatic carbocycles. The van der Waals surface area contributed by atoms with Gasteiger partial charge in [-0.05, 0) is 113 Å². The van der Waals surface area contributed by atoms with E-state index in [1.165, 1.54) is 57.6 Å². The largest absolute Gasteiger partial charge is 0.369 e. The first kappa shape index (κ1) is 23.9. The summed E-state index contributed by atoms with van der Waals surface area (Å²) >= 11 is 0. The van der Waals surface area contributed by atoms with E-state index >= 15 is 0 Å². The molecule has 3 unspecified atom stereocenters. The van der Waals surface area contributed by atoms with Crippen molar-refractivity contribution in [3.05, 3.63) is 11.1 Å². The lowest BCUT2D eigenvalue weighted by Crippen LogP contribution is -2.50. The molecule has 1 spiro atoms. The second-order valence-electron chi connectivity index (χ2n) is 13.4. The predicted molar refractivity (Wildman–Crippen MR) is 136 cm³/mol. The molecule has 2 aliphatic heterocycles. The minimum Gasteiger partial charge on any atom is -0.369 e. The summed E-state index contributed by atoms with van der Waals surface area (Å²) in [6, 6.07) is 0.678. The maximum absolute atomic E-state index is 11.8. The van der Waals surface area contributed by atoms with Crippen LogP contribution in [0.25, 0.3) is 0 Å². The Bertz CT molecular complexity index is 963. The number of piperidine rings is 1. The molecule has 0 amide bonds. The molecule has 2 saturated heterocycles. The molecule has 6 heteroatoms. The Hall–Kier alpha value is -0.430. The molecule has 0 radical (unpaired) electrons. The summed E-state index contributed by atoms with van der Waals surface area (Å²) in [6.45, 7) is 8.61. The van der Waals surface area contributed by atoms with Gasteiger partial charge in [0.05, 0.1) is 18.0 Å². The van der Waals surface area contributed by atoms with Crippen LogP contribution in [0.3, 0.4) is 0 Å². The summed E-state index contributed by atoms with van der Waals surface area (Å²) in [5.74, 6) is 3.59. The van der Waals surface area contributed by atoms with Gasteiger partial charge < -0.3 is 10.1 Å². The number of hydrogen-bond donors (Lipinski definition) is 2.